The third kappa shape index (κ3) is 4.38. The Morgan fingerprint density at radius 1 is 0.949 bits per heavy atom. The minimum absolute atomic E-state index is 0.406. The van der Waals surface area contributed by atoms with E-state index >= 15 is 0 Å². The largest absolute Gasteiger partial charge is 0.497 e. The van der Waals surface area contributed by atoms with Gasteiger partial charge in [-0.1, -0.05) is 0 Å². The van der Waals surface area contributed by atoms with Crippen molar-refractivity contribution in [2.24, 2.45) is 0 Å². The zero-order valence-corrected chi connectivity index (χ0v) is 21.3. The molecular formula is C29H25FN8O. The first-order chi connectivity index (χ1) is 19.1. The number of benzene rings is 1. The molecule has 5 aromatic heterocycles. The van der Waals surface area contributed by atoms with Crippen LogP contribution in [0.15, 0.2) is 61.2 Å². The number of H-pyrrole nitrogens is 2. The Kier molecular flexibility index (Phi) is 5.74. The monoisotopic (exact) mass is 520 g/mol. The number of methoxy groups -OCH3 is 1. The van der Waals surface area contributed by atoms with Crippen molar-refractivity contribution in [1.82, 2.24) is 40.0 Å². The number of imidazole rings is 1. The van der Waals surface area contributed by atoms with Crippen LogP contribution in [0, 0.1) is 5.82 Å². The molecule has 6 heterocycles. The molecule has 1 aliphatic heterocycles. The first-order valence-electron chi connectivity index (χ1n) is 12.9. The average molecular weight is 521 g/mol. The zero-order valence-electron chi connectivity index (χ0n) is 21.3. The number of aromatic amines is 2. The van der Waals surface area contributed by atoms with E-state index in [2.05, 4.69) is 41.1 Å². The van der Waals surface area contributed by atoms with Gasteiger partial charge in [-0.05, 0) is 61.8 Å². The standard InChI is InChI=1S/C29H25FN8O/c1-39-21-10-18(9-20(30)11-21)26-28-23(4-5-32-26)34-29(35-28)27-22-12-24(33-15-25(22)36-37-27)19-8-17(13-31-14-19)16-38-6-2-3-7-38/h4-5,8-15H,2-3,6-7,16H2,1H3,(H,34,35)(H,36,37). The Morgan fingerprint density at radius 3 is 2.72 bits per heavy atom. The van der Waals surface area contributed by atoms with Crippen molar-refractivity contribution in [2.45, 2.75) is 19.4 Å². The van der Waals surface area contributed by atoms with Gasteiger partial charge < -0.3 is 9.72 Å². The van der Waals surface area contributed by atoms with Crippen LogP contribution in [0.5, 0.6) is 5.75 Å². The number of hydrogen-bond acceptors (Lipinski definition) is 7. The summed E-state index contributed by atoms with van der Waals surface area (Å²) in [5, 5.41) is 8.49. The van der Waals surface area contributed by atoms with Gasteiger partial charge in [-0.15, -0.1) is 0 Å². The summed E-state index contributed by atoms with van der Waals surface area (Å²) >= 11 is 0. The lowest BCUT2D eigenvalue weighted by atomic mass is 10.1. The Morgan fingerprint density at radius 2 is 1.85 bits per heavy atom. The highest BCUT2D eigenvalue weighted by molar-refractivity contribution is 5.96. The highest BCUT2D eigenvalue weighted by atomic mass is 19.1. The van der Waals surface area contributed by atoms with Crippen molar-refractivity contribution in [3.8, 4) is 39.8 Å². The topological polar surface area (TPSA) is 108 Å². The molecular weight excluding hydrogens is 495 g/mol. The molecule has 1 aliphatic rings. The van der Waals surface area contributed by atoms with E-state index in [1.54, 1.807) is 18.5 Å². The molecule has 1 fully saturated rings. The molecule has 0 saturated carbocycles. The van der Waals surface area contributed by atoms with Crippen LogP contribution in [0.2, 0.25) is 0 Å². The maximum absolute atomic E-state index is 14.2. The number of aromatic nitrogens is 7. The lowest BCUT2D eigenvalue weighted by molar-refractivity contribution is 0.331. The summed E-state index contributed by atoms with van der Waals surface area (Å²) < 4.78 is 19.5. The fraction of sp³-hybridized carbons (Fsp3) is 0.207. The summed E-state index contributed by atoms with van der Waals surface area (Å²) in [6.45, 7) is 3.16. The molecule has 194 valence electrons. The predicted octanol–water partition coefficient (Wildman–Crippen LogP) is 5.37. The van der Waals surface area contributed by atoms with E-state index in [9.17, 15) is 4.39 Å². The molecule has 0 radical (unpaired) electrons. The smallest absolute Gasteiger partial charge is 0.159 e. The van der Waals surface area contributed by atoms with E-state index < -0.39 is 5.82 Å². The van der Waals surface area contributed by atoms with Crippen molar-refractivity contribution in [3.05, 3.63) is 72.6 Å². The molecule has 0 unspecified atom stereocenters. The highest BCUT2D eigenvalue weighted by Crippen LogP contribution is 2.33. The third-order valence-electron chi connectivity index (χ3n) is 7.15. The summed E-state index contributed by atoms with van der Waals surface area (Å²) in [4.78, 5) is 24.3. The second-order valence-electron chi connectivity index (χ2n) is 9.77. The van der Waals surface area contributed by atoms with Crippen molar-refractivity contribution in [3.63, 3.8) is 0 Å². The SMILES string of the molecule is COc1cc(F)cc(-c2nccc3[nH]c(-c4n[nH]c5cnc(-c6cncc(CN7CCCC7)c6)cc45)nc23)c1. The summed E-state index contributed by atoms with van der Waals surface area (Å²) in [5.74, 6) is 0.583. The van der Waals surface area contributed by atoms with Gasteiger partial charge in [0, 0.05) is 47.7 Å². The van der Waals surface area contributed by atoms with Crippen molar-refractivity contribution >= 4 is 21.9 Å². The second-order valence-corrected chi connectivity index (χ2v) is 9.77. The quantitative estimate of drug-likeness (QED) is 0.304. The number of likely N-dealkylation sites (tertiary alicyclic amines) is 1. The summed E-state index contributed by atoms with van der Waals surface area (Å²) in [6, 6.07) is 10.5. The first kappa shape index (κ1) is 23.4. The van der Waals surface area contributed by atoms with E-state index in [-0.39, 0.29) is 0 Å². The van der Waals surface area contributed by atoms with Gasteiger partial charge >= 0.3 is 0 Å². The zero-order chi connectivity index (χ0) is 26.3. The number of rotatable bonds is 6. The van der Waals surface area contributed by atoms with Crippen molar-refractivity contribution in [1.29, 1.82) is 0 Å². The predicted molar refractivity (Wildman–Crippen MR) is 146 cm³/mol. The van der Waals surface area contributed by atoms with Gasteiger partial charge in [0.05, 0.1) is 35.7 Å². The number of halogens is 1. The fourth-order valence-corrected chi connectivity index (χ4v) is 5.24. The van der Waals surface area contributed by atoms with Gasteiger partial charge in [0.2, 0.25) is 0 Å². The molecule has 6 aromatic rings. The number of pyridine rings is 3. The van der Waals surface area contributed by atoms with E-state index in [1.165, 1.54) is 37.6 Å². The summed E-state index contributed by atoms with van der Waals surface area (Å²) in [7, 11) is 1.50. The molecule has 10 heteroatoms. The summed E-state index contributed by atoms with van der Waals surface area (Å²) in [5.41, 5.74) is 6.91. The lowest BCUT2D eigenvalue weighted by Crippen LogP contribution is -2.18. The molecule has 7 rings (SSSR count). The van der Waals surface area contributed by atoms with Crippen LogP contribution in [-0.4, -0.2) is 60.2 Å². The molecule has 0 aliphatic carbocycles. The lowest BCUT2D eigenvalue weighted by Gasteiger charge is -2.14. The Bertz CT molecular complexity index is 1820. The van der Waals surface area contributed by atoms with Gasteiger partial charge in [0.1, 0.15) is 22.8 Å². The van der Waals surface area contributed by atoms with Crippen LogP contribution in [0.3, 0.4) is 0 Å². The minimum atomic E-state index is -0.406. The van der Waals surface area contributed by atoms with Gasteiger partial charge in [0.25, 0.3) is 0 Å². The molecule has 9 nitrogen and oxygen atoms in total. The van der Waals surface area contributed by atoms with Crippen LogP contribution in [0.25, 0.3) is 56.0 Å². The van der Waals surface area contributed by atoms with Gasteiger partial charge in [0.15, 0.2) is 5.82 Å². The second kappa shape index (κ2) is 9.55. The van der Waals surface area contributed by atoms with E-state index in [4.69, 9.17) is 9.72 Å². The number of nitrogens with one attached hydrogen (secondary N) is 2. The van der Waals surface area contributed by atoms with Crippen LogP contribution in [0.1, 0.15) is 18.4 Å². The first-order valence-corrected chi connectivity index (χ1v) is 12.9. The van der Waals surface area contributed by atoms with Crippen molar-refractivity contribution < 1.29 is 9.13 Å². The van der Waals surface area contributed by atoms with Gasteiger partial charge in [-0.25, -0.2) is 9.37 Å². The highest BCUT2D eigenvalue weighted by Gasteiger charge is 2.18. The Hall–Kier alpha value is -4.70. The molecule has 39 heavy (non-hydrogen) atoms. The molecule has 1 saturated heterocycles. The third-order valence-corrected chi connectivity index (χ3v) is 7.15. The van der Waals surface area contributed by atoms with Crippen LogP contribution < -0.4 is 4.74 Å². The Balaban J connectivity index is 1.28. The van der Waals surface area contributed by atoms with Crippen LogP contribution >= 0.6 is 0 Å². The normalized spacial score (nSPS) is 14.0. The molecule has 1 aromatic carbocycles. The van der Waals surface area contributed by atoms with Gasteiger partial charge in [-0.3, -0.25) is 25.0 Å². The molecule has 0 atom stereocenters. The van der Waals surface area contributed by atoms with Crippen LogP contribution in [0.4, 0.5) is 4.39 Å². The number of ether oxygens (including phenoxy) is 1. The maximum Gasteiger partial charge on any atom is 0.159 e. The number of nitrogens with zero attached hydrogens (tertiary/aromatic N) is 6. The molecule has 0 bridgehead atoms. The Labute approximate surface area is 223 Å². The summed E-state index contributed by atoms with van der Waals surface area (Å²) in [6.07, 6.45) is 9.73. The van der Waals surface area contributed by atoms with E-state index in [0.29, 0.717) is 34.0 Å². The number of fused-ring (bicyclic) bond motifs is 2. The minimum Gasteiger partial charge on any atom is -0.497 e. The molecule has 0 amide bonds. The maximum atomic E-state index is 14.2. The molecule has 0 spiro atoms. The molecule has 2 N–H and O–H groups in total. The van der Waals surface area contributed by atoms with Crippen LogP contribution in [-0.2, 0) is 6.54 Å². The fourth-order valence-electron chi connectivity index (χ4n) is 5.24. The van der Waals surface area contributed by atoms with Gasteiger partial charge in [-0.2, -0.15) is 5.10 Å². The van der Waals surface area contributed by atoms with E-state index in [0.717, 1.165) is 47.3 Å². The number of hydrogen-bond donors (Lipinski definition) is 2. The average Bonchev–Trinajstić information content (AvgIpc) is 3.72. The van der Waals surface area contributed by atoms with E-state index in [1.807, 2.05) is 24.5 Å². The van der Waals surface area contributed by atoms with Crippen molar-refractivity contribution in [2.75, 3.05) is 20.2 Å².